The van der Waals surface area contributed by atoms with Crippen LogP contribution in [0.4, 0.5) is 0 Å². The Bertz CT molecular complexity index is 939. The number of benzene rings is 2. The number of carbonyl (C=O) groups excluding carboxylic acids is 1. The van der Waals surface area contributed by atoms with Crippen molar-refractivity contribution in [3.63, 3.8) is 0 Å². The van der Waals surface area contributed by atoms with Crippen molar-refractivity contribution in [2.45, 2.75) is 31.5 Å². The van der Waals surface area contributed by atoms with Crippen LogP contribution in [0.3, 0.4) is 0 Å². The first kappa shape index (κ1) is 18.3. The number of hydrogen-bond acceptors (Lipinski definition) is 5. The van der Waals surface area contributed by atoms with Gasteiger partial charge in [-0.05, 0) is 30.5 Å². The van der Waals surface area contributed by atoms with Gasteiger partial charge in [0.15, 0.2) is 5.76 Å². The summed E-state index contributed by atoms with van der Waals surface area (Å²) in [6, 6.07) is 19.7. The Morgan fingerprint density at radius 3 is 2.86 bits per heavy atom. The number of methoxy groups -OCH3 is 1. The first-order valence-electron chi connectivity index (χ1n) is 9.41. The topological polar surface area (TPSA) is 76.4 Å². The lowest BCUT2D eigenvalue weighted by molar-refractivity contribution is -0.123. The minimum atomic E-state index is -0.185. The molecule has 6 nitrogen and oxygen atoms in total. The van der Waals surface area contributed by atoms with E-state index >= 15 is 0 Å². The monoisotopic (exact) mass is 377 g/mol. The second-order valence-electron chi connectivity index (χ2n) is 6.89. The lowest BCUT2D eigenvalue weighted by Gasteiger charge is -2.14. The predicted molar refractivity (Wildman–Crippen MR) is 106 cm³/mol. The van der Waals surface area contributed by atoms with Crippen LogP contribution < -0.4 is 15.4 Å². The minimum Gasteiger partial charge on any atom is -0.497 e. The number of nitrogens with zero attached hydrogens (tertiary/aromatic N) is 1. The van der Waals surface area contributed by atoms with Crippen molar-refractivity contribution in [2.75, 3.05) is 7.11 Å². The van der Waals surface area contributed by atoms with E-state index in [2.05, 4.69) is 27.9 Å². The third-order valence-electron chi connectivity index (χ3n) is 5.02. The van der Waals surface area contributed by atoms with Crippen LogP contribution in [0, 0.1) is 0 Å². The highest BCUT2D eigenvalue weighted by molar-refractivity contribution is 5.82. The van der Waals surface area contributed by atoms with E-state index < -0.39 is 0 Å². The average molecular weight is 377 g/mol. The van der Waals surface area contributed by atoms with Crippen molar-refractivity contribution in [3.8, 4) is 17.1 Å². The molecule has 3 aromatic rings. The fourth-order valence-electron chi connectivity index (χ4n) is 3.51. The molecule has 0 spiro atoms. The second kappa shape index (κ2) is 8.27. The number of aromatic nitrogens is 1. The Morgan fingerprint density at radius 1 is 1.18 bits per heavy atom. The fourth-order valence-corrected chi connectivity index (χ4v) is 3.51. The quantitative estimate of drug-likeness (QED) is 0.688. The van der Waals surface area contributed by atoms with Crippen molar-refractivity contribution >= 4 is 5.91 Å². The third-order valence-corrected chi connectivity index (χ3v) is 5.02. The maximum Gasteiger partial charge on any atom is 0.237 e. The first-order valence-corrected chi connectivity index (χ1v) is 9.41. The van der Waals surface area contributed by atoms with E-state index in [4.69, 9.17) is 9.26 Å². The fraction of sp³-hybridized carbons (Fsp3) is 0.273. The summed E-state index contributed by atoms with van der Waals surface area (Å²) >= 11 is 0. The van der Waals surface area contributed by atoms with Crippen molar-refractivity contribution in [2.24, 2.45) is 0 Å². The molecule has 1 amide bonds. The van der Waals surface area contributed by atoms with Gasteiger partial charge in [-0.15, -0.1) is 0 Å². The summed E-state index contributed by atoms with van der Waals surface area (Å²) in [6.07, 6.45) is 1.77. The van der Waals surface area contributed by atoms with Crippen LogP contribution in [-0.2, 0) is 11.3 Å². The molecule has 1 aliphatic heterocycles. The van der Waals surface area contributed by atoms with Crippen LogP contribution in [0.15, 0.2) is 65.2 Å². The molecule has 0 radical (unpaired) electrons. The molecule has 6 heteroatoms. The number of hydrogen-bond donors (Lipinski definition) is 2. The van der Waals surface area contributed by atoms with E-state index in [1.165, 1.54) is 5.56 Å². The van der Waals surface area contributed by atoms with Gasteiger partial charge in [0.2, 0.25) is 5.91 Å². The van der Waals surface area contributed by atoms with Crippen LogP contribution >= 0.6 is 0 Å². The van der Waals surface area contributed by atoms with E-state index in [9.17, 15) is 4.79 Å². The summed E-state index contributed by atoms with van der Waals surface area (Å²) in [5.41, 5.74) is 2.79. The highest BCUT2D eigenvalue weighted by atomic mass is 16.5. The van der Waals surface area contributed by atoms with Gasteiger partial charge in [0.25, 0.3) is 0 Å². The lowest BCUT2D eigenvalue weighted by atomic mass is 10.1. The molecule has 4 rings (SSSR count). The second-order valence-corrected chi connectivity index (χ2v) is 6.89. The van der Waals surface area contributed by atoms with Gasteiger partial charge in [0.1, 0.15) is 11.4 Å². The predicted octanol–water partition coefficient (Wildman–Crippen LogP) is 3.46. The van der Waals surface area contributed by atoms with Gasteiger partial charge in [0, 0.05) is 17.7 Å². The number of ether oxygens (including phenoxy) is 1. The Morgan fingerprint density at radius 2 is 2.04 bits per heavy atom. The largest absolute Gasteiger partial charge is 0.497 e. The highest BCUT2D eigenvalue weighted by Crippen LogP contribution is 2.27. The van der Waals surface area contributed by atoms with Crippen molar-refractivity contribution in [3.05, 3.63) is 71.9 Å². The molecule has 28 heavy (non-hydrogen) atoms. The van der Waals surface area contributed by atoms with Crippen LogP contribution in [0.25, 0.3) is 11.3 Å². The number of rotatable bonds is 6. The van der Waals surface area contributed by atoms with Crippen LogP contribution in [0.5, 0.6) is 5.75 Å². The Kier molecular flexibility index (Phi) is 5.39. The summed E-state index contributed by atoms with van der Waals surface area (Å²) in [5.74, 6) is 1.39. The zero-order valence-electron chi connectivity index (χ0n) is 15.7. The van der Waals surface area contributed by atoms with Gasteiger partial charge in [-0.2, -0.15) is 0 Å². The van der Waals surface area contributed by atoms with E-state index in [0.29, 0.717) is 18.0 Å². The van der Waals surface area contributed by atoms with Crippen molar-refractivity contribution in [1.29, 1.82) is 0 Å². The van der Waals surface area contributed by atoms with Crippen molar-refractivity contribution < 1.29 is 14.1 Å². The minimum absolute atomic E-state index is 0.00985. The molecule has 2 aromatic carbocycles. The molecule has 144 valence electrons. The third kappa shape index (κ3) is 4.07. The zero-order valence-corrected chi connectivity index (χ0v) is 15.7. The molecule has 1 aliphatic rings. The summed E-state index contributed by atoms with van der Waals surface area (Å²) in [7, 11) is 1.62. The molecule has 0 saturated carbocycles. The standard InChI is InChI=1S/C22H23N3O3/c1-27-18-9-5-8-16(12-18)21-13-17(25-28-21)14-23-22(26)20-11-10-19(24-20)15-6-3-2-4-7-15/h2-9,12-13,19-20,24H,10-11,14H2,1H3,(H,23,26)/t19-,20-/m1/s1. The Hall–Kier alpha value is -3.12. The number of amides is 1. The molecule has 2 heterocycles. The number of nitrogens with one attached hydrogen (secondary N) is 2. The molecule has 2 N–H and O–H groups in total. The summed E-state index contributed by atoms with van der Waals surface area (Å²) in [6.45, 7) is 0.334. The number of carbonyl (C=O) groups is 1. The van der Waals surface area contributed by atoms with E-state index in [1.54, 1.807) is 7.11 Å². The van der Waals surface area contributed by atoms with Gasteiger partial charge < -0.3 is 14.6 Å². The summed E-state index contributed by atoms with van der Waals surface area (Å²) in [4.78, 5) is 12.5. The SMILES string of the molecule is COc1cccc(-c2cc(CNC(=O)[C@H]3CC[C@H](c4ccccc4)N3)no2)c1. The van der Waals surface area contributed by atoms with Crippen LogP contribution in [-0.4, -0.2) is 24.2 Å². The van der Waals surface area contributed by atoms with Crippen LogP contribution in [0.2, 0.25) is 0 Å². The molecular weight excluding hydrogens is 354 g/mol. The lowest BCUT2D eigenvalue weighted by Crippen LogP contribution is -2.40. The molecule has 2 atom stereocenters. The molecule has 0 unspecified atom stereocenters. The maximum absolute atomic E-state index is 12.5. The van der Waals surface area contributed by atoms with Gasteiger partial charge in [-0.1, -0.05) is 47.6 Å². The Labute approximate surface area is 163 Å². The average Bonchev–Trinajstić information content (AvgIpc) is 3.43. The van der Waals surface area contributed by atoms with E-state index in [0.717, 1.165) is 24.2 Å². The molecule has 1 saturated heterocycles. The molecule has 1 fully saturated rings. The molecular formula is C22H23N3O3. The zero-order chi connectivity index (χ0) is 19.3. The summed E-state index contributed by atoms with van der Waals surface area (Å²) in [5, 5.41) is 10.4. The van der Waals surface area contributed by atoms with E-state index in [1.807, 2.05) is 48.5 Å². The van der Waals surface area contributed by atoms with Gasteiger partial charge in [-0.25, -0.2) is 0 Å². The van der Waals surface area contributed by atoms with Gasteiger partial charge >= 0.3 is 0 Å². The normalized spacial score (nSPS) is 18.8. The van der Waals surface area contributed by atoms with Crippen LogP contribution in [0.1, 0.15) is 30.1 Å². The maximum atomic E-state index is 12.5. The van der Waals surface area contributed by atoms with Crippen molar-refractivity contribution in [1.82, 2.24) is 15.8 Å². The van der Waals surface area contributed by atoms with Gasteiger partial charge in [-0.3, -0.25) is 10.1 Å². The first-order chi connectivity index (χ1) is 13.7. The highest BCUT2D eigenvalue weighted by Gasteiger charge is 2.29. The van der Waals surface area contributed by atoms with Gasteiger partial charge in [0.05, 0.1) is 19.7 Å². The smallest absolute Gasteiger partial charge is 0.237 e. The summed E-state index contributed by atoms with van der Waals surface area (Å²) < 4.78 is 10.6. The molecule has 1 aromatic heterocycles. The molecule has 0 aliphatic carbocycles. The van der Waals surface area contributed by atoms with E-state index in [-0.39, 0.29) is 18.0 Å². The molecule has 0 bridgehead atoms. The Balaban J connectivity index is 1.32.